The Bertz CT molecular complexity index is 419. The van der Waals surface area contributed by atoms with E-state index < -0.39 is 5.97 Å². The number of hydrogen-bond donors (Lipinski definition) is 1. The molecule has 100 valence electrons. The van der Waals surface area contributed by atoms with Gasteiger partial charge in [0.05, 0.1) is 31.6 Å². The van der Waals surface area contributed by atoms with Crippen molar-refractivity contribution in [3.05, 3.63) is 23.8 Å². The molecule has 1 aliphatic heterocycles. The molecule has 1 aromatic rings. The fraction of sp³-hybridized carbons (Fsp3) is 0.417. The molecule has 18 heavy (non-hydrogen) atoms. The molecule has 1 N–H and O–H groups in total. The first kappa shape index (κ1) is 14.6. The number of morpholine rings is 1. The van der Waals surface area contributed by atoms with Crippen molar-refractivity contribution in [3.63, 3.8) is 0 Å². The van der Waals surface area contributed by atoms with E-state index in [1.807, 2.05) is 0 Å². The average molecular weight is 274 g/mol. The first-order chi connectivity index (χ1) is 8.22. The molecule has 1 fully saturated rings. The highest BCUT2D eigenvalue weighted by Crippen LogP contribution is 2.29. The number of anilines is 1. The Balaban J connectivity index is 0.00000162. The molecular formula is C12H16ClNO4. The van der Waals surface area contributed by atoms with Gasteiger partial charge in [-0.1, -0.05) is 0 Å². The fourth-order valence-electron chi connectivity index (χ4n) is 1.88. The van der Waals surface area contributed by atoms with E-state index >= 15 is 0 Å². The van der Waals surface area contributed by atoms with E-state index in [1.165, 1.54) is 0 Å². The number of methoxy groups -OCH3 is 1. The minimum absolute atomic E-state index is 0. The summed E-state index contributed by atoms with van der Waals surface area (Å²) in [6.45, 7) is 2.96. The summed E-state index contributed by atoms with van der Waals surface area (Å²) in [6.07, 6.45) is 0. The lowest BCUT2D eigenvalue weighted by molar-refractivity contribution is 0.0696. The van der Waals surface area contributed by atoms with E-state index in [0.29, 0.717) is 19.0 Å². The molecule has 5 nitrogen and oxygen atoms in total. The van der Waals surface area contributed by atoms with Crippen molar-refractivity contribution in [1.29, 1.82) is 0 Å². The highest BCUT2D eigenvalue weighted by Gasteiger charge is 2.16. The molecule has 0 aromatic heterocycles. The zero-order chi connectivity index (χ0) is 12.3. The van der Waals surface area contributed by atoms with Gasteiger partial charge in [-0.05, 0) is 18.2 Å². The van der Waals surface area contributed by atoms with Gasteiger partial charge in [0.1, 0.15) is 5.75 Å². The quantitative estimate of drug-likeness (QED) is 0.907. The Kier molecular flexibility index (Phi) is 5.25. The van der Waals surface area contributed by atoms with E-state index in [2.05, 4.69) is 4.90 Å². The van der Waals surface area contributed by atoms with Crippen molar-refractivity contribution in [2.45, 2.75) is 0 Å². The van der Waals surface area contributed by atoms with Crippen LogP contribution in [-0.2, 0) is 4.74 Å². The minimum atomic E-state index is -0.947. The van der Waals surface area contributed by atoms with Gasteiger partial charge in [-0.25, -0.2) is 4.79 Å². The molecule has 1 aromatic carbocycles. The van der Waals surface area contributed by atoms with E-state index in [-0.39, 0.29) is 18.0 Å². The van der Waals surface area contributed by atoms with Gasteiger partial charge in [0.15, 0.2) is 0 Å². The Labute approximate surface area is 112 Å². The molecule has 0 radical (unpaired) electrons. The zero-order valence-corrected chi connectivity index (χ0v) is 10.9. The topological polar surface area (TPSA) is 59.0 Å². The third-order valence-electron chi connectivity index (χ3n) is 2.78. The van der Waals surface area contributed by atoms with Crippen LogP contribution in [0.2, 0.25) is 0 Å². The van der Waals surface area contributed by atoms with Crippen LogP contribution in [0.5, 0.6) is 5.75 Å². The van der Waals surface area contributed by atoms with Gasteiger partial charge in [-0.15, -0.1) is 12.4 Å². The number of carbonyl (C=O) groups is 1. The minimum Gasteiger partial charge on any atom is -0.495 e. The Morgan fingerprint density at radius 3 is 2.61 bits per heavy atom. The van der Waals surface area contributed by atoms with E-state index in [4.69, 9.17) is 14.6 Å². The van der Waals surface area contributed by atoms with Crippen LogP contribution in [-0.4, -0.2) is 44.5 Å². The number of carboxylic acids is 1. The summed E-state index contributed by atoms with van der Waals surface area (Å²) in [4.78, 5) is 13.0. The summed E-state index contributed by atoms with van der Waals surface area (Å²) in [6, 6.07) is 4.93. The van der Waals surface area contributed by atoms with Crippen LogP contribution in [0.3, 0.4) is 0 Å². The number of carboxylic acid groups (broad SMARTS) is 1. The largest absolute Gasteiger partial charge is 0.495 e. The lowest BCUT2D eigenvalue weighted by atomic mass is 10.1. The van der Waals surface area contributed by atoms with Gasteiger partial charge in [0.2, 0.25) is 0 Å². The standard InChI is InChI=1S/C12H15NO4.ClH/c1-16-11-8-9(12(14)15)2-3-10(11)13-4-6-17-7-5-13;/h2-3,8H,4-7H2,1H3,(H,14,15);1H. The SMILES string of the molecule is COc1cc(C(=O)O)ccc1N1CCOCC1.Cl. The lowest BCUT2D eigenvalue weighted by Crippen LogP contribution is -2.36. The van der Waals surface area contributed by atoms with Gasteiger partial charge >= 0.3 is 5.97 Å². The maximum Gasteiger partial charge on any atom is 0.335 e. The van der Waals surface area contributed by atoms with Crippen LogP contribution in [0.1, 0.15) is 10.4 Å². The van der Waals surface area contributed by atoms with Crippen molar-refractivity contribution in [3.8, 4) is 5.75 Å². The number of rotatable bonds is 3. The highest BCUT2D eigenvalue weighted by molar-refractivity contribution is 5.89. The summed E-state index contributed by atoms with van der Waals surface area (Å²) in [5, 5.41) is 8.92. The van der Waals surface area contributed by atoms with Gasteiger partial charge < -0.3 is 19.5 Å². The number of benzene rings is 1. The summed E-state index contributed by atoms with van der Waals surface area (Å²) < 4.78 is 10.5. The van der Waals surface area contributed by atoms with Crippen LogP contribution >= 0.6 is 12.4 Å². The van der Waals surface area contributed by atoms with Gasteiger partial charge in [-0.3, -0.25) is 0 Å². The molecule has 0 bridgehead atoms. The normalized spacial score (nSPS) is 14.8. The molecule has 2 rings (SSSR count). The maximum absolute atomic E-state index is 10.9. The summed E-state index contributed by atoms with van der Waals surface area (Å²) >= 11 is 0. The fourth-order valence-corrected chi connectivity index (χ4v) is 1.88. The number of aromatic carboxylic acids is 1. The molecule has 0 saturated carbocycles. The Morgan fingerprint density at radius 1 is 1.39 bits per heavy atom. The molecular weight excluding hydrogens is 258 g/mol. The van der Waals surface area contributed by atoms with E-state index in [0.717, 1.165) is 18.8 Å². The van der Waals surface area contributed by atoms with Crippen molar-refractivity contribution in [2.75, 3.05) is 38.3 Å². The number of nitrogens with zero attached hydrogens (tertiary/aromatic N) is 1. The van der Waals surface area contributed by atoms with Crippen molar-refractivity contribution < 1.29 is 19.4 Å². The first-order valence-corrected chi connectivity index (χ1v) is 5.46. The highest BCUT2D eigenvalue weighted by atomic mass is 35.5. The third-order valence-corrected chi connectivity index (χ3v) is 2.78. The first-order valence-electron chi connectivity index (χ1n) is 5.46. The summed E-state index contributed by atoms with van der Waals surface area (Å²) in [5.41, 5.74) is 1.15. The lowest BCUT2D eigenvalue weighted by Gasteiger charge is -2.30. The summed E-state index contributed by atoms with van der Waals surface area (Å²) in [7, 11) is 1.55. The predicted molar refractivity (Wildman–Crippen MR) is 70.2 cm³/mol. The Hall–Kier alpha value is -1.46. The summed E-state index contributed by atoms with van der Waals surface area (Å²) in [5.74, 6) is -0.358. The molecule has 0 amide bonds. The van der Waals surface area contributed by atoms with E-state index in [9.17, 15) is 4.79 Å². The molecule has 1 heterocycles. The van der Waals surface area contributed by atoms with Crippen molar-refractivity contribution in [2.24, 2.45) is 0 Å². The number of hydrogen-bond acceptors (Lipinski definition) is 4. The smallest absolute Gasteiger partial charge is 0.335 e. The van der Waals surface area contributed by atoms with Crippen LogP contribution < -0.4 is 9.64 Å². The maximum atomic E-state index is 10.9. The van der Waals surface area contributed by atoms with Gasteiger partial charge in [0, 0.05) is 13.1 Å². The van der Waals surface area contributed by atoms with Crippen LogP contribution in [0.15, 0.2) is 18.2 Å². The monoisotopic (exact) mass is 273 g/mol. The van der Waals surface area contributed by atoms with Crippen LogP contribution in [0, 0.1) is 0 Å². The molecule has 0 unspecified atom stereocenters. The Morgan fingerprint density at radius 2 is 2.06 bits per heavy atom. The van der Waals surface area contributed by atoms with Crippen molar-refractivity contribution in [1.82, 2.24) is 0 Å². The molecule has 1 saturated heterocycles. The molecule has 0 spiro atoms. The second-order valence-corrected chi connectivity index (χ2v) is 3.79. The average Bonchev–Trinajstić information content (AvgIpc) is 2.39. The zero-order valence-electron chi connectivity index (χ0n) is 10.1. The molecule has 0 atom stereocenters. The van der Waals surface area contributed by atoms with Crippen LogP contribution in [0.25, 0.3) is 0 Å². The third kappa shape index (κ3) is 3.05. The molecule has 6 heteroatoms. The van der Waals surface area contributed by atoms with E-state index in [1.54, 1.807) is 25.3 Å². The van der Waals surface area contributed by atoms with Crippen molar-refractivity contribution >= 4 is 24.1 Å². The van der Waals surface area contributed by atoms with Gasteiger partial charge in [0.25, 0.3) is 0 Å². The second-order valence-electron chi connectivity index (χ2n) is 3.79. The number of ether oxygens (including phenoxy) is 2. The predicted octanol–water partition coefficient (Wildman–Crippen LogP) is 1.65. The van der Waals surface area contributed by atoms with Crippen LogP contribution in [0.4, 0.5) is 5.69 Å². The van der Waals surface area contributed by atoms with Gasteiger partial charge in [-0.2, -0.15) is 0 Å². The molecule has 0 aliphatic carbocycles. The second kappa shape index (κ2) is 6.47. The number of halogens is 1. The molecule has 1 aliphatic rings.